The van der Waals surface area contributed by atoms with Crippen LogP contribution in [0.2, 0.25) is 0 Å². The summed E-state index contributed by atoms with van der Waals surface area (Å²) < 4.78 is 0. The summed E-state index contributed by atoms with van der Waals surface area (Å²) in [6.45, 7) is 3.49. The summed E-state index contributed by atoms with van der Waals surface area (Å²) in [5.74, 6) is 0.338. The lowest BCUT2D eigenvalue weighted by Gasteiger charge is -1.76. The van der Waals surface area contributed by atoms with Crippen molar-refractivity contribution in [1.29, 1.82) is 0 Å². The fraction of sp³-hybridized carbons (Fsp3) is 0. The van der Waals surface area contributed by atoms with Crippen LogP contribution in [-0.2, 0) is 0 Å². The average Bonchev–Trinajstić information content (AvgIpc) is 2.34. The predicted molar refractivity (Wildman–Crippen MR) is 34.1 cm³/mol. The zero-order valence-corrected chi connectivity index (χ0v) is 4.79. The molecule has 46 valence electrons. The topological polar surface area (TPSA) is 45.8 Å². The summed E-state index contributed by atoms with van der Waals surface area (Å²) in [4.78, 5) is 16.4. The molecule has 1 N–H and O–H groups in total. The summed E-state index contributed by atoms with van der Waals surface area (Å²) in [6.07, 6.45) is 3.81. The number of hydrogen-bond donors (Lipinski definition) is 1. The maximum absolute atomic E-state index is 10.0. The van der Waals surface area contributed by atoms with Crippen LogP contribution in [0.3, 0.4) is 0 Å². The minimum Gasteiger partial charge on any atom is -0.336 e. The number of carbonyl (C=O) groups is 1. The molecule has 0 aliphatic rings. The maximum atomic E-state index is 10.0. The van der Waals surface area contributed by atoms with E-state index in [2.05, 4.69) is 16.5 Å². The molecule has 1 aromatic rings. The molecule has 0 saturated carbocycles. The van der Waals surface area contributed by atoms with Crippen LogP contribution in [0.1, 0.15) is 16.3 Å². The van der Waals surface area contributed by atoms with Crippen LogP contribution >= 0.6 is 0 Å². The second kappa shape index (κ2) is 2.26. The highest BCUT2D eigenvalue weighted by Gasteiger charge is 1.91. The molecule has 0 fully saturated rings. The van der Waals surface area contributed by atoms with E-state index in [1.165, 1.54) is 0 Å². The summed E-state index contributed by atoms with van der Waals surface area (Å²) in [6, 6.07) is 0. The van der Waals surface area contributed by atoms with Gasteiger partial charge in [0, 0.05) is 0 Å². The Balaban J connectivity index is 2.98. The van der Waals surface area contributed by atoms with Crippen molar-refractivity contribution in [1.82, 2.24) is 9.97 Å². The molecule has 3 heteroatoms. The molecule has 0 aliphatic heterocycles. The van der Waals surface area contributed by atoms with Crippen molar-refractivity contribution in [3.8, 4) is 0 Å². The number of aromatic amines is 1. The van der Waals surface area contributed by atoms with Gasteiger partial charge in [0.25, 0.3) is 0 Å². The van der Waals surface area contributed by atoms with Gasteiger partial charge in [-0.2, -0.15) is 0 Å². The Hall–Kier alpha value is -1.38. The van der Waals surface area contributed by atoms with E-state index < -0.39 is 0 Å². The Morgan fingerprint density at radius 1 is 1.78 bits per heavy atom. The van der Waals surface area contributed by atoms with Gasteiger partial charge in [-0.05, 0) is 6.08 Å². The summed E-state index contributed by atoms with van der Waals surface area (Å²) in [7, 11) is 0. The van der Waals surface area contributed by atoms with Crippen LogP contribution in [0.4, 0.5) is 0 Å². The molecule has 0 aromatic carbocycles. The van der Waals surface area contributed by atoms with E-state index in [-0.39, 0.29) is 0 Å². The molecular formula is C6H6N2O. The van der Waals surface area contributed by atoms with Crippen LogP contribution in [0.15, 0.2) is 12.8 Å². The van der Waals surface area contributed by atoms with E-state index in [4.69, 9.17) is 0 Å². The number of imidazole rings is 1. The zero-order valence-electron chi connectivity index (χ0n) is 4.79. The molecule has 0 saturated heterocycles. The van der Waals surface area contributed by atoms with Crippen molar-refractivity contribution < 1.29 is 4.79 Å². The molecule has 1 aromatic heterocycles. The summed E-state index contributed by atoms with van der Waals surface area (Å²) >= 11 is 0. The smallest absolute Gasteiger partial charge is 0.185 e. The van der Waals surface area contributed by atoms with Gasteiger partial charge < -0.3 is 4.98 Å². The van der Waals surface area contributed by atoms with E-state index in [9.17, 15) is 4.79 Å². The number of aromatic nitrogens is 2. The molecule has 1 rings (SSSR count). The molecule has 0 radical (unpaired) electrons. The van der Waals surface area contributed by atoms with Gasteiger partial charge in [0.1, 0.15) is 0 Å². The molecule has 3 nitrogen and oxygen atoms in total. The van der Waals surface area contributed by atoms with Gasteiger partial charge >= 0.3 is 0 Å². The van der Waals surface area contributed by atoms with Gasteiger partial charge in [0.15, 0.2) is 12.1 Å². The van der Waals surface area contributed by atoms with Gasteiger partial charge in [0.05, 0.1) is 11.9 Å². The van der Waals surface area contributed by atoms with Crippen molar-refractivity contribution in [3.05, 3.63) is 24.3 Å². The van der Waals surface area contributed by atoms with Crippen LogP contribution in [0, 0.1) is 0 Å². The van der Waals surface area contributed by atoms with E-state index in [1.807, 2.05) is 0 Å². The predicted octanol–water partition coefficient (Wildman–Crippen LogP) is 0.865. The van der Waals surface area contributed by atoms with Crippen molar-refractivity contribution >= 4 is 12.4 Å². The number of nitrogens with one attached hydrogen (secondary N) is 1. The highest BCUT2D eigenvalue weighted by Crippen LogP contribution is 1.94. The number of rotatable bonds is 2. The lowest BCUT2D eigenvalue weighted by atomic mass is 10.5. The standard InChI is InChI=1S/C6H6N2O/c1-2-5-3-7-6(4-9)8-5/h2-4H,1H2,(H,7,8). The number of aldehydes is 1. The minimum atomic E-state index is 0.338. The van der Waals surface area contributed by atoms with Crippen molar-refractivity contribution in [2.45, 2.75) is 0 Å². The first-order valence-corrected chi connectivity index (χ1v) is 2.49. The highest BCUT2D eigenvalue weighted by molar-refractivity contribution is 5.69. The molecule has 0 aliphatic carbocycles. The summed E-state index contributed by atoms with van der Waals surface area (Å²) in [5, 5.41) is 0. The zero-order chi connectivity index (χ0) is 6.69. The number of nitrogens with zero attached hydrogens (tertiary/aromatic N) is 1. The van der Waals surface area contributed by atoms with Crippen LogP contribution in [0.25, 0.3) is 6.08 Å². The highest BCUT2D eigenvalue weighted by atomic mass is 16.1. The Labute approximate surface area is 52.4 Å². The molecule has 9 heavy (non-hydrogen) atoms. The van der Waals surface area contributed by atoms with Crippen molar-refractivity contribution in [2.75, 3.05) is 0 Å². The van der Waals surface area contributed by atoms with Crippen LogP contribution < -0.4 is 0 Å². The molecule has 0 amide bonds. The van der Waals surface area contributed by atoms with Gasteiger partial charge in [0.2, 0.25) is 0 Å². The molecule has 0 spiro atoms. The third kappa shape index (κ3) is 1.05. The second-order valence-corrected chi connectivity index (χ2v) is 1.55. The van der Waals surface area contributed by atoms with Gasteiger partial charge in [-0.25, -0.2) is 4.98 Å². The Morgan fingerprint density at radius 2 is 2.56 bits per heavy atom. The van der Waals surface area contributed by atoms with Gasteiger partial charge in [-0.3, -0.25) is 4.79 Å². The first-order valence-electron chi connectivity index (χ1n) is 2.49. The third-order valence-corrected chi connectivity index (χ3v) is 0.947. The number of carbonyl (C=O) groups excluding carboxylic acids is 1. The molecule has 0 bridgehead atoms. The second-order valence-electron chi connectivity index (χ2n) is 1.55. The van der Waals surface area contributed by atoms with Crippen molar-refractivity contribution in [3.63, 3.8) is 0 Å². The van der Waals surface area contributed by atoms with Gasteiger partial charge in [-0.15, -0.1) is 0 Å². The fourth-order valence-corrected chi connectivity index (χ4v) is 0.515. The molecule has 1 heterocycles. The van der Waals surface area contributed by atoms with E-state index in [0.717, 1.165) is 5.69 Å². The lowest BCUT2D eigenvalue weighted by molar-refractivity contribution is 0.111. The molecule has 0 atom stereocenters. The Kier molecular flexibility index (Phi) is 1.44. The Morgan fingerprint density at radius 3 is 2.89 bits per heavy atom. The van der Waals surface area contributed by atoms with E-state index >= 15 is 0 Å². The normalized spacial score (nSPS) is 8.89. The third-order valence-electron chi connectivity index (χ3n) is 0.947. The minimum absolute atomic E-state index is 0.338. The van der Waals surface area contributed by atoms with Crippen LogP contribution in [-0.4, -0.2) is 16.3 Å². The first kappa shape index (κ1) is 5.75. The maximum Gasteiger partial charge on any atom is 0.185 e. The van der Waals surface area contributed by atoms with Gasteiger partial charge in [-0.1, -0.05) is 6.58 Å². The fourth-order valence-electron chi connectivity index (χ4n) is 0.515. The Bertz CT molecular complexity index is 204. The largest absolute Gasteiger partial charge is 0.336 e. The molecule has 0 unspecified atom stereocenters. The average molecular weight is 122 g/mol. The van der Waals surface area contributed by atoms with Crippen LogP contribution in [0.5, 0.6) is 0 Å². The quantitative estimate of drug-likeness (QED) is 0.591. The lowest BCUT2D eigenvalue weighted by Crippen LogP contribution is -1.79. The van der Waals surface area contributed by atoms with Crippen molar-refractivity contribution in [2.24, 2.45) is 0 Å². The van der Waals surface area contributed by atoms with E-state index in [1.54, 1.807) is 12.3 Å². The monoisotopic (exact) mass is 122 g/mol. The number of hydrogen-bond acceptors (Lipinski definition) is 2. The summed E-state index contributed by atoms with van der Waals surface area (Å²) in [5.41, 5.74) is 0.761. The number of H-pyrrole nitrogens is 1. The first-order chi connectivity index (χ1) is 4.36. The molecular weight excluding hydrogens is 116 g/mol. The SMILES string of the molecule is C=Cc1cnc(C=O)[nH]1. The van der Waals surface area contributed by atoms with E-state index in [0.29, 0.717) is 12.1 Å².